The molecule has 120 valence electrons. The SMILES string of the molecule is CN(C)CCCNC(=O)[C@H]1CC(=O)N(c2ccc(Cl)cc2)C1. The van der Waals surface area contributed by atoms with Gasteiger partial charge >= 0.3 is 0 Å². The van der Waals surface area contributed by atoms with Crippen molar-refractivity contribution in [3.05, 3.63) is 29.3 Å². The molecule has 1 aromatic rings. The maximum atomic E-state index is 12.1. The molecule has 1 aliphatic rings. The van der Waals surface area contributed by atoms with Crippen LogP contribution in [0.2, 0.25) is 5.02 Å². The first-order chi connectivity index (χ1) is 10.5. The largest absolute Gasteiger partial charge is 0.356 e. The topological polar surface area (TPSA) is 52.7 Å². The van der Waals surface area contributed by atoms with Gasteiger partial charge in [-0.05, 0) is 51.3 Å². The lowest BCUT2D eigenvalue weighted by Gasteiger charge is -2.17. The second-order valence-electron chi connectivity index (χ2n) is 5.83. The minimum atomic E-state index is -0.275. The average molecular weight is 324 g/mol. The summed E-state index contributed by atoms with van der Waals surface area (Å²) in [6.07, 6.45) is 1.17. The van der Waals surface area contributed by atoms with E-state index < -0.39 is 0 Å². The molecular formula is C16H22ClN3O2. The van der Waals surface area contributed by atoms with Gasteiger partial charge in [-0.15, -0.1) is 0 Å². The molecule has 0 spiro atoms. The van der Waals surface area contributed by atoms with Crippen molar-refractivity contribution in [2.75, 3.05) is 38.6 Å². The number of halogens is 1. The minimum absolute atomic E-state index is 0.0178. The molecule has 0 radical (unpaired) electrons. The third-order valence-electron chi connectivity index (χ3n) is 3.72. The Hall–Kier alpha value is -1.59. The zero-order valence-corrected chi connectivity index (χ0v) is 13.8. The summed E-state index contributed by atoms with van der Waals surface area (Å²) < 4.78 is 0. The number of anilines is 1. The molecule has 1 N–H and O–H groups in total. The molecule has 1 saturated heterocycles. The van der Waals surface area contributed by atoms with E-state index in [0.29, 0.717) is 18.1 Å². The molecule has 22 heavy (non-hydrogen) atoms. The molecule has 5 nitrogen and oxygen atoms in total. The van der Waals surface area contributed by atoms with E-state index in [0.717, 1.165) is 18.7 Å². The molecule has 0 aliphatic carbocycles. The van der Waals surface area contributed by atoms with Gasteiger partial charge in [0.1, 0.15) is 0 Å². The van der Waals surface area contributed by atoms with Gasteiger partial charge < -0.3 is 15.1 Å². The van der Waals surface area contributed by atoms with Crippen LogP contribution >= 0.6 is 11.6 Å². The summed E-state index contributed by atoms with van der Waals surface area (Å²) in [7, 11) is 4.00. The zero-order valence-electron chi connectivity index (χ0n) is 13.0. The standard InChI is InChI=1S/C16H22ClN3O2/c1-19(2)9-3-8-18-16(22)12-10-15(21)20(11-12)14-6-4-13(17)5-7-14/h4-7,12H,3,8-11H2,1-2H3,(H,18,22)/t12-/m0/s1. The van der Waals surface area contributed by atoms with E-state index in [1.54, 1.807) is 29.2 Å². The molecule has 2 rings (SSSR count). The third kappa shape index (κ3) is 4.45. The predicted octanol–water partition coefficient (Wildman–Crippen LogP) is 1.76. The Morgan fingerprint density at radius 2 is 2.05 bits per heavy atom. The van der Waals surface area contributed by atoms with Crippen LogP contribution in [0.1, 0.15) is 12.8 Å². The van der Waals surface area contributed by atoms with Crippen LogP contribution in [0.15, 0.2) is 24.3 Å². The van der Waals surface area contributed by atoms with Crippen molar-refractivity contribution in [3.63, 3.8) is 0 Å². The van der Waals surface area contributed by atoms with E-state index >= 15 is 0 Å². The highest BCUT2D eigenvalue weighted by atomic mass is 35.5. The van der Waals surface area contributed by atoms with E-state index in [4.69, 9.17) is 11.6 Å². The van der Waals surface area contributed by atoms with Crippen LogP contribution in [0.5, 0.6) is 0 Å². The van der Waals surface area contributed by atoms with Crippen LogP contribution in [-0.4, -0.2) is 50.4 Å². The number of hydrogen-bond acceptors (Lipinski definition) is 3. The van der Waals surface area contributed by atoms with Crippen LogP contribution in [0.4, 0.5) is 5.69 Å². The average Bonchev–Trinajstić information content (AvgIpc) is 2.86. The molecular weight excluding hydrogens is 302 g/mol. The van der Waals surface area contributed by atoms with Crippen molar-refractivity contribution in [1.82, 2.24) is 10.2 Å². The molecule has 0 unspecified atom stereocenters. The van der Waals surface area contributed by atoms with Gasteiger partial charge in [-0.25, -0.2) is 0 Å². The fourth-order valence-electron chi connectivity index (χ4n) is 2.50. The molecule has 1 heterocycles. The number of nitrogens with one attached hydrogen (secondary N) is 1. The van der Waals surface area contributed by atoms with Gasteiger partial charge in [0.05, 0.1) is 5.92 Å². The molecule has 1 aromatic carbocycles. The Labute approximate surface area is 136 Å². The van der Waals surface area contributed by atoms with Crippen LogP contribution < -0.4 is 10.2 Å². The molecule has 1 fully saturated rings. The number of benzene rings is 1. The number of rotatable bonds is 6. The van der Waals surface area contributed by atoms with Gasteiger partial charge in [0.15, 0.2) is 0 Å². The first-order valence-corrected chi connectivity index (χ1v) is 7.83. The summed E-state index contributed by atoms with van der Waals surface area (Å²) in [6.45, 7) is 2.00. The normalized spacial score (nSPS) is 18.1. The predicted molar refractivity (Wildman–Crippen MR) is 88.1 cm³/mol. The van der Waals surface area contributed by atoms with E-state index in [1.807, 2.05) is 14.1 Å². The van der Waals surface area contributed by atoms with Crippen molar-refractivity contribution in [3.8, 4) is 0 Å². The molecule has 1 atom stereocenters. The van der Waals surface area contributed by atoms with Crippen molar-refractivity contribution >= 4 is 29.1 Å². The smallest absolute Gasteiger partial charge is 0.227 e. The quantitative estimate of drug-likeness (QED) is 0.812. The molecule has 0 saturated carbocycles. The Kier molecular flexibility index (Phi) is 5.80. The lowest BCUT2D eigenvalue weighted by atomic mass is 10.1. The summed E-state index contributed by atoms with van der Waals surface area (Å²) >= 11 is 5.86. The molecule has 1 aliphatic heterocycles. The molecule has 6 heteroatoms. The van der Waals surface area contributed by atoms with Gasteiger partial charge in [0.25, 0.3) is 0 Å². The van der Waals surface area contributed by atoms with Crippen LogP contribution in [0, 0.1) is 5.92 Å². The Morgan fingerprint density at radius 1 is 1.36 bits per heavy atom. The maximum Gasteiger partial charge on any atom is 0.227 e. The highest BCUT2D eigenvalue weighted by Gasteiger charge is 2.34. The first-order valence-electron chi connectivity index (χ1n) is 7.45. The van der Waals surface area contributed by atoms with E-state index in [-0.39, 0.29) is 24.2 Å². The minimum Gasteiger partial charge on any atom is -0.356 e. The Bertz CT molecular complexity index is 531. The molecule has 2 amide bonds. The summed E-state index contributed by atoms with van der Waals surface area (Å²) in [5.74, 6) is -0.332. The van der Waals surface area contributed by atoms with Crippen molar-refractivity contribution < 1.29 is 9.59 Å². The van der Waals surface area contributed by atoms with Crippen molar-refractivity contribution in [1.29, 1.82) is 0 Å². The van der Waals surface area contributed by atoms with Gasteiger partial charge in [0, 0.05) is 30.2 Å². The second-order valence-corrected chi connectivity index (χ2v) is 6.27. The number of carbonyl (C=O) groups excluding carboxylic acids is 2. The first kappa shape index (κ1) is 16.8. The van der Waals surface area contributed by atoms with Crippen LogP contribution in [-0.2, 0) is 9.59 Å². The summed E-state index contributed by atoms with van der Waals surface area (Å²) in [6, 6.07) is 7.10. The zero-order chi connectivity index (χ0) is 16.1. The van der Waals surface area contributed by atoms with Gasteiger partial charge in [-0.3, -0.25) is 9.59 Å². The number of hydrogen-bond donors (Lipinski definition) is 1. The summed E-state index contributed by atoms with van der Waals surface area (Å²) in [5.41, 5.74) is 0.789. The monoisotopic (exact) mass is 323 g/mol. The lowest BCUT2D eigenvalue weighted by Crippen LogP contribution is -2.34. The summed E-state index contributed by atoms with van der Waals surface area (Å²) in [5, 5.41) is 3.55. The third-order valence-corrected chi connectivity index (χ3v) is 3.97. The number of amides is 2. The van der Waals surface area contributed by atoms with Gasteiger partial charge in [0.2, 0.25) is 11.8 Å². The fraction of sp³-hybridized carbons (Fsp3) is 0.500. The number of carbonyl (C=O) groups is 2. The van der Waals surface area contributed by atoms with E-state index in [9.17, 15) is 9.59 Å². The second kappa shape index (κ2) is 7.61. The van der Waals surface area contributed by atoms with Crippen molar-refractivity contribution in [2.24, 2.45) is 5.92 Å². The number of nitrogens with zero attached hydrogens (tertiary/aromatic N) is 2. The van der Waals surface area contributed by atoms with E-state index in [2.05, 4.69) is 10.2 Å². The highest BCUT2D eigenvalue weighted by molar-refractivity contribution is 6.30. The van der Waals surface area contributed by atoms with Gasteiger partial charge in [-0.2, -0.15) is 0 Å². The van der Waals surface area contributed by atoms with Crippen molar-refractivity contribution in [2.45, 2.75) is 12.8 Å². The van der Waals surface area contributed by atoms with Gasteiger partial charge in [-0.1, -0.05) is 11.6 Å². The van der Waals surface area contributed by atoms with Crippen LogP contribution in [0.25, 0.3) is 0 Å². The summed E-state index contributed by atoms with van der Waals surface area (Å²) in [4.78, 5) is 28.0. The Balaban J connectivity index is 1.86. The van der Waals surface area contributed by atoms with Crippen LogP contribution in [0.3, 0.4) is 0 Å². The Morgan fingerprint density at radius 3 is 2.68 bits per heavy atom. The maximum absolute atomic E-state index is 12.1. The molecule has 0 bridgehead atoms. The highest BCUT2D eigenvalue weighted by Crippen LogP contribution is 2.26. The lowest BCUT2D eigenvalue weighted by molar-refractivity contribution is -0.126. The fourth-order valence-corrected chi connectivity index (χ4v) is 2.63. The molecule has 0 aromatic heterocycles. The van der Waals surface area contributed by atoms with E-state index in [1.165, 1.54) is 0 Å².